The van der Waals surface area contributed by atoms with E-state index in [1.54, 1.807) is 35.6 Å². The van der Waals surface area contributed by atoms with Crippen LogP contribution in [0.4, 0.5) is 0 Å². The number of rotatable bonds is 4. The average molecular weight is 258 g/mol. The SMILES string of the molecule is CC(N)C(Oc1ccc(C#N)cc1)c1cccs1. The molecule has 0 amide bonds. The Balaban J connectivity index is 2.16. The lowest BCUT2D eigenvalue weighted by Gasteiger charge is -2.21. The van der Waals surface area contributed by atoms with E-state index in [2.05, 4.69) is 6.07 Å². The van der Waals surface area contributed by atoms with Crippen molar-refractivity contribution >= 4 is 11.3 Å². The Kier molecular flexibility index (Phi) is 3.98. The number of hydrogen-bond donors (Lipinski definition) is 1. The summed E-state index contributed by atoms with van der Waals surface area (Å²) in [4.78, 5) is 1.11. The molecule has 1 heterocycles. The number of hydrogen-bond acceptors (Lipinski definition) is 4. The number of benzene rings is 1. The molecule has 0 saturated heterocycles. The van der Waals surface area contributed by atoms with E-state index in [0.29, 0.717) is 5.56 Å². The molecule has 0 aliphatic heterocycles. The van der Waals surface area contributed by atoms with E-state index in [1.807, 2.05) is 24.4 Å². The summed E-state index contributed by atoms with van der Waals surface area (Å²) in [5.74, 6) is 0.727. The second-order valence-corrected chi connectivity index (χ2v) is 5.03. The molecule has 2 aromatic rings. The van der Waals surface area contributed by atoms with Gasteiger partial charge in [0.05, 0.1) is 11.6 Å². The second kappa shape index (κ2) is 5.67. The highest BCUT2D eigenvalue weighted by Crippen LogP contribution is 2.27. The van der Waals surface area contributed by atoms with Crippen molar-refractivity contribution in [3.8, 4) is 11.8 Å². The minimum Gasteiger partial charge on any atom is -0.483 e. The van der Waals surface area contributed by atoms with Crippen LogP contribution >= 0.6 is 11.3 Å². The summed E-state index contributed by atoms with van der Waals surface area (Å²) in [6.07, 6.45) is -0.155. The van der Waals surface area contributed by atoms with E-state index >= 15 is 0 Å². The molecule has 18 heavy (non-hydrogen) atoms. The number of thiophene rings is 1. The van der Waals surface area contributed by atoms with Gasteiger partial charge in [0.1, 0.15) is 11.9 Å². The lowest BCUT2D eigenvalue weighted by Crippen LogP contribution is -2.28. The maximum absolute atomic E-state index is 8.74. The zero-order chi connectivity index (χ0) is 13.0. The summed E-state index contributed by atoms with van der Waals surface area (Å²) in [5.41, 5.74) is 6.58. The quantitative estimate of drug-likeness (QED) is 0.916. The molecule has 2 rings (SSSR count). The van der Waals surface area contributed by atoms with Gasteiger partial charge in [-0.2, -0.15) is 5.26 Å². The van der Waals surface area contributed by atoms with Gasteiger partial charge in [0, 0.05) is 10.9 Å². The summed E-state index contributed by atoms with van der Waals surface area (Å²) in [7, 11) is 0. The summed E-state index contributed by atoms with van der Waals surface area (Å²) in [5, 5.41) is 10.7. The smallest absolute Gasteiger partial charge is 0.148 e. The van der Waals surface area contributed by atoms with E-state index in [-0.39, 0.29) is 12.1 Å². The number of nitrogens with zero attached hydrogens (tertiary/aromatic N) is 1. The highest BCUT2D eigenvalue weighted by molar-refractivity contribution is 7.10. The van der Waals surface area contributed by atoms with Crippen LogP contribution in [-0.4, -0.2) is 6.04 Å². The Bertz CT molecular complexity index is 526. The van der Waals surface area contributed by atoms with Crippen LogP contribution in [0.25, 0.3) is 0 Å². The number of nitrogens with two attached hydrogens (primary N) is 1. The van der Waals surface area contributed by atoms with Crippen molar-refractivity contribution in [1.82, 2.24) is 0 Å². The average Bonchev–Trinajstić information content (AvgIpc) is 2.90. The van der Waals surface area contributed by atoms with E-state index < -0.39 is 0 Å². The van der Waals surface area contributed by atoms with E-state index in [0.717, 1.165) is 10.6 Å². The highest BCUT2D eigenvalue weighted by atomic mass is 32.1. The standard InChI is InChI=1S/C14H14N2OS/c1-10(16)14(13-3-2-8-18-13)17-12-6-4-11(9-15)5-7-12/h2-8,10,14H,16H2,1H3. The van der Waals surface area contributed by atoms with Gasteiger partial charge in [0.25, 0.3) is 0 Å². The van der Waals surface area contributed by atoms with E-state index in [4.69, 9.17) is 15.7 Å². The minimum absolute atomic E-state index is 0.0979. The molecule has 2 N–H and O–H groups in total. The minimum atomic E-state index is -0.155. The molecule has 0 fully saturated rings. The van der Waals surface area contributed by atoms with Crippen LogP contribution in [-0.2, 0) is 0 Å². The lowest BCUT2D eigenvalue weighted by atomic mass is 10.1. The maximum atomic E-state index is 8.74. The predicted octanol–water partition coefficient (Wildman–Crippen LogP) is 3.09. The summed E-state index contributed by atoms with van der Waals surface area (Å²) < 4.78 is 5.90. The van der Waals surface area contributed by atoms with Gasteiger partial charge in [0.15, 0.2) is 0 Å². The molecule has 1 aromatic heterocycles. The van der Waals surface area contributed by atoms with Crippen LogP contribution in [0.2, 0.25) is 0 Å². The highest BCUT2D eigenvalue weighted by Gasteiger charge is 2.19. The molecule has 4 heteroatoms. The van der Waals surface area contributed by atoms with Crippen molar-refractivity contribution < 1.29 is 4.74 Å². The van der Waals surface area contributed by atoms with Crippen LogP contribution in [0.1, 0.15) is 23.5 Å². The van der Waals surface area contributed by atoms with Gasteiger partial charge >= 0.3 is 0 Å². The second-order valence-electron chi connectivity index (χ2n) is 4.05. The summed E-state index contributed by atoms with van der Waals surface area (Å²) in [6, 6.07) is 13.0. The van der Waals surface area contributed by atoms with Gasteiger partial charge in [-0.1, -0.05) is 6.07 Å². The fourth-order valence-electron chi connectivity index (χ4n) is 1.63. The zero-order valence-electron chi connectivity index (χ0n) is 10.0. The van der Waals surface area contributed by atoms with Crippen molar-refractivity contribution in [3.05, 3.63) is 52.2 Å². The molecule has 0 saturated carbocycles. The Morgan fingerprint density at radius 2 is 2.00 bits per heavy atom. The van der Waals surface area contributed by atoms with Crippen molar-refractivity contribution in [1.29, 1.82) is 5.26 Å². The van der Waals surface area contributed by atoms with Crippen LogP contribution in [0.15, 0.2) is 41.8 Å². The topological polar surface area (TPSA) is 59.0 Å². The van der Waals surface area contributed by atoms with Gasteiger partial charge < -0.3 is 10.5 Å². The molecule has 0 radical (unpaired) electrons. The Labute approximate surface area is 110 Å². The monoisotopic (exact) mass is 258 g/mol. The normalized spacial score (nSPS) is 13.6. The first kappa shape index (κ1) is 12.6. The molecular weight excluding hydrogens is 244 g/mol. The first-order valence-electron chi connectivity index (χ1n) is 5.66. The van der Waals surface area contributed by atoms with Crippen molar-refractivity contribution in [2.45, 2.75) is 19.1 Å². The molecule has 0 aliphatic rings. The van der Waals surface area contributed by atoms with E-state index in [1.165, 1.54) is 0 Å². The van der Waals surface area contributed by atoms with Crippen molar-refractivity contribution in [3.63, 3.8) is 0 Å². The number of nitriles is 1. The lowest BCUT2D eigenvalue weighted by molar-refractivity contribution is 0.184. The van der Waals surface area contributed by atoms with Gasteiger partial charge in [-0.3, -0.25) is 0 Å². The third-order valence-corrected chi connectivity index (χ3v) is 3.48. The third-order valence-electron chi connectivity index (χ3n) is 2.55. The zero-order valence-corrected chi connectivity index (χ0v) is 10.9. The van der Waals surface area contributed by atoms with E-state index in [9.17, 15) is 0 Å². The Morgan fingerprint density at radius 3 is 2.50 bits per heavy atom. The molecule has 2 atom stereocenters. The largest absolute Gasteiger partial charge is 0.483 e. The fourth-order valence-corrected chi connectivity index (χ4v) is 2.50. The van der Waals surface area contributed by atoms with Crippen LogP contribution in [0.5, 0.6) is 5.75 Å². The molecule has 3 nitrogen and oxygen atoms in total. The molecule has 0 bridgehead atoms. The Hall–Kier alpha value is -1.83. The van der Waals surface area contributed by atoms with Crippen molar-refractivity contribution in [2.24, 2.45) is 5.73 Å². The maximum Gasteiger partial charge on any atom is 0.148 e. The summed E-state index contributed by atoms with van der Waals surface area (Å²) in [6.45, 7) is 1.92. The van der Waals surface area contributed by atoms with Gasteiger partial charge in [0.2, 0.25) is 0 Å². The van der Waals surface area contributed by atoms with Crippen LogP contribution < -0.4 is 10.5 Å². The van der Waals surface area contributed by atoms with Crippen molar-refractivity contribution in [2.75, 3.05) is 0 Å². The molecular formula is C14H14N2OS. The fraction of sp³-hybridized carbons (Fsp3) is 0.214. The Morgan fingerprint density at radius 1 is 1.28 bits per heavy atom. The predicted molar refractivity (Wildman–Crippen MR) is 72.5 cm³/mol. The van der Waals surface area contributed by atoms with Gasteiger partial charge in [-0.15, -0.1) is 11.3 Å². The van der Waals surface area contributed by atoms with Gasteiger partial charge in [-0.25, -0.2) is 0 Å². The molecule has 0 aliphatic carbocycles. The molecule has 0 spiro atoms. The molecule has 92 valence electrons. The third kappa shape index (κ3) is 2.89. The van der Waals surface area contributed by atoms with Crippen LogP contribution in [0.3, 0.4) is 0 Å². The molecule has 1 aromatic carbocycles. The van der Waals surface area contributed by atoms with Crippen LogP contribution in [0, 0.1) is 11.3 Å². The first-order chi connectivity index (χ1) is 8.70. The van der Waals surface area contributed by atoms with Gasteiger partial charge in [-0.05, 0) is 42.6 Å². The number of ether oxygens (including phenoxy) is 1. The summed E-state index contributed by atoms with van der Waals surface area (Å²) >= 11 is 1.63. The first-order valence-corrected chi connectivity index (χ1v) is 6.54. The molecule has 2 unspecified atom stereocenters.